The molecule has 0 unspecified atom stereocenters. The molecule has 0 aliphatic heterocycles. The maximum atomic E-state index is 12.3. The molecule has 29 heavy (non-hydrogen) atoms. The van der Waals surface area contributed by atoms with Gasteiger partial charge in [0.2, 0.25) is 0 Å². The average Bonchev–Trinajstić information content (AvgIpc) is 3.01. The summed E-state index contributed by atoms with van der Waals surface area (Å²) in [4.78, 5) is 36.2. The third-order valence-electron chi connectivity index (χ3n) is 4.85. The van der Waals surface area contributed by atoms with Crippen molar-refractivity contribution in [3.63, 3.8) is 0 Å². The van der Waals surface area contributed by atoms with Crippen molar-refractivity contribution in [2.45, 2.75) is 33.1 Å². The molecule has 1 aliphatic rings. The van der Waals surface area contributed by atoms with Crippen LogP contribution in [0.4, 0.5) is 10.7 Å². The molecule has 0 fully saturated rings. The van der Waals surface area contributed by atoms with E-state index < -0.39 is 23.4 Å². The second-order valence-corrected chi connectivity index (χ2v) is 8.13. The summed E-state index contributed by atoms with van der Waals surface area (Å²) in [6.07, 6.45) is 2.67. The smallest absolute Gasteiger partial charge is 0.345 e. The van der Waals surface area contributed by atoms with Gasteiger partial charge in [-0.1, -0.05) is 19.1 Å². The van der Waals surface area contributed by atoms with Gasteiger partial charge in [0, 0.05) is 10.4 Å². The van der Waals surface area contributed by atoms with Gasteiger partial charge in [-0.15, -0.1) is 11.3 Å². The molecular weight excluding hydrogens is 394 g/mol. The molecule has 150 valence electrons. The van der Waals surface area contributed by atoms with E-state index in [-0.39, 0.29) is 11.3 Å². The lowest BCUT2D eigenvalue weighted by molar-refractivity contribution is -0.385. The molecule has 1 aromatic heterocycles. The molecule has 9 heteroatoms. The van der Waals surface area contributed by atoms with Crippen molar-refractivity contribution in [2.24, 2.45) is 5.92 Å². The predicted octanol–water partition coefficient (Wildman–Crippen LogP) is 3.76. The number of benzene rings is 1. The highest BCUT2D eigenvalue weighted by Gasteiger charge is 2.26. The summed E-state index contributed by atoms with van der Waals surface area (Å²) in [5.74, 6) is -1.02. The number of nitrogens with one attached hydrogen (secondary N) is 1. The van der Waals surface area contributed by atoms with Crippen LogP contribution in [-0.2, 0) is 22.4 Å². The van der Waals surface area contributed by atoms with Crippen molar-refractivity contribution in [3.05, 3.63) is 55.4 Å². The fourth-order valence-corrected chi connectivity index (χ4v) is 4.77. The van der Waals surface area contributed by atoms with Crippen LogP contribution in [0.15, 0.2) is 18.2 Å². The van der Waals surface area contributed by atoms with Crippen LogP contribution in [0.5, 0.6) is 0 Å². The number of carbonyl (C=O) groups is 2. The first-order chi connectivity index (χ1) is 13.8. The van der Waals surface area contributed by atoms with E-state index in [2.05, 4.69) is 18.3 Å². The largest absolute Gasteiger partial charge is 0.452 e. The number of amides is 1. The fraction of sp³-hybridized carbons (Fsp3) is 0.350. The van der Waals surface area contributed by atoms with Crippen LogP contribution >= 0.6 is 11.3 Å². The van der Waals surface area contributed by atoms with Crippen molar-refractivity contribution in [3.8, 4) is 6.07 Å². The highest BCUT2D eigenvalue weighted by molar-refractivity contribution is 7.16. The molecule has 1 amide bonds. The van der Waals surface area contributed by atoms with E-state index in [1.807, 2.05) is 0 Å². The number of nitriles is 1. The summed E-state index contributed by atoms with van der Waals surface area (Å²) in [5, 5.41) is 23.8. The molecule has 8 nitrogen and oxygen atoms in total. The van der Waals surface area contributed by atoms with Crippen LogP contribution in [0.1, 0.15) is 45.3 Å². The molecule has 3 rings (SSSR count). The van der Waals surface area contributed by atoms with E-state index in [4.69, 9.17) is 4.74 Å². The van der Waals surface area contributed by atoms with E-state index in [0.29, 0.717) is 22.0 Å². The van der Waals surface area contributed by atoms with Crippen molar-refractivity contribution in [2.75, 3.05) is 11.9 Å². The highest BCUT2D eigenvalue weighted by Crippen LogP contribution is 2.39. The number of fused-ring (bicyclic) bond motifs is 1. The Bertz CT molecular complexity index is 1040. The van der Waals surface area contributed by atoms with Crippen LogP contribution < -0.4 is 5.32 Å². The lowest BCUT2D eigenvalue weighted by atomic mass is 9.89. The minimum absolute atomic E-state index is 0.207. The zero-order valence-corrected chi connectivity index (χ0v) is 16.8. The number of carbonyl (C=O) groups excluding carboxylic acids is 2. The lowest BCUT2D eigenvalue weighted by Gasteiger charge is -2.17. The van der Waals surface area contributed by atoms with E-state index in [1.165, 1.54) is 36.5 Å². The van der Waals surface area contributed by atoms with Gasteiger partial charge in [0.15, 0.2) is 6.61 Å². The molecule has 1 aliphatic carbocycles. The molecule has 0 spiro atoms. The van der Waals surface area contributed by atoms with Gasteiger partial charge < -0.3 is 10.1 Å². The van der Waals surface area contributed by atoms with Crippen LogP contribution in [-0.4, -0.2) is 23.4 Å². The van der Waals surface area contributed by atoms with E-state index >= 15 is 0 Å². The summed E-state index contributed by atoms with van der Waals surface area (Å²) in [6.45, 7) is 3.06. The Morgan fingerprint density at radius 1 is 1.45 bits per heavy atom. The van der Waals surface area contributed by atoms with Gasteiger partial charge in [-0.05, 0) is 43.7 Å². The number of esters is 1. The van der Waals surface area contributed by atoms with Crippen molar-refractivity contribution < 1.29 is 19.2 Å². The number of nitro groups is 1. The number of hydrogen-bond acceptors (Lipinski definition) is 7. The Morgan fingerprint density at radius 3 is 2.90 bits per heavy atom. The number of nitro benzene ring substituents is 1. The van der Waals surface area contributed by atoms with Gasteiger partial charge in [0.1, 0.15) is 16.6 Å². The number of hydrogen-bond donors (Lipinski definition) is 1. The molecular formula is C20H19N3O5S. The third-order valence-corrected chi connectivity index (χ3v) is 6.02. The standard InChI is InChI=1S/C20H19N3O5S/c1-11-6-7-13-15(9-21)19(29-16(13)8-11)22-17(24)10-28-20(25)14-5-3-4-12(2)18(14)23(26)27/h3-5,11H,6-8,10H2,1-2H3,(H,22,24)/t11-/m0/s1. The zero-order chi connectivity index (χ0) is 21.1. The van der Waals surface area contributed by atoms with E-state index in [1.54, 1.807) is 0 Å². The fourth-order valence-electron chi connectivity index (χ4n) is 3.39. The number of aryl methyl sites for hydroxylation is 1. The predicted molar refractivity (Wildman–Crippen MR) is 107 cm³/mol. The molecule has 0 saturated heterocycles. The maximum absolute atomic E-state index is 12.3. The molecule has 1 heterocycles. The molecule has 0 bridgehead atoms. The Kier molecular flexibility index (Phi) is 5.94. The van der Waals surface area contributed by atoms with Gasteiger partial charge in [0.05, 0.1) is 10.5 Å². The Morgan fingerprint density at radius 2 is 2.21 bits per heavy atom. The summed E-state index contributed by atoms with van der Waals surface area (Å²) < 4.78 is 4.97. The Hall–Kier alpha value is -3.25. The third kappa shape index (κ3) is 4.27. The topological polar surface area (TPSA) is 122 Å². The van der Waals surface area contributed by atoms with Crippen molar-refractivity contribution >= 4 is 33.9 Å². The SMILES string of the molecule is Cc1cccc(C(=O)OCC(=O)Nc2sc3c(c2C#N)CC[C@H](C)C3)c1[N+](=O)[O-]. The average molecular weight is 413 g/mol. The molecule has 0 saturated carbocycles. The zero-order valence-electron chi connectivity index (χ0n) is 16.0. The van der Waals surface area contributed by atoms with Crippen LogP contribution in [0, 0.1) is 34.3 Å². The minimum atomic E-state index is -0.949. The van der Waals surface area contributed by atoms with Gasteiger partial charge in [-0.2, -0.15) is 5.26 Å². The van der Waals surface area contributed by atoms with Gasteiger partial charge >= 0.3 is 5.97 Å². The van der Waals surface area contributed by atoms with E-state index in [0.717, 1.165) is 29.7 Å². The molecule has 0 radical (unpaired) electrons. The van der Waals surface area contributed by atoms with Gasteiger partial charge in [-0.25, -0.2) is 4.79 Å². The van der Waals surface area contributed by atoms with Gasteiger partial charge in [-0.3, -0.25) is 14.9 Å². The minimum Gasteiger partial charge on any atom is -0.452 e. The van der Waals surface area contributed by atoms with E-state index in [9.17, 15) is 25.0 Å². The van der Waals surface area contributed by atoms with Crippen LogP contribution in [0.3, 0.4) is 0 Å². The molecule has 1 atom stereocenters. The highest BCUT2D eigenvalue weighted by atomic mass is 32.1. The van der Waals surface area contributed by atoms with Crippen molar-refractivity contribution in [1.29, 1.82) is 5.26 Å². The summed E-state index contributed by atoms with van der Waals surface area (Å²) in [5.41, 5.74) is 1.22. The maximum Gasteiger partial charge on any atom is 0.345 e. The molecule has 2 aromatic rings. The first kappa shape index (κ1) is 20.5. The normalized spacial score (nSPS) is 15.1. The van der Waals surface area contributed by atoms with Crippen LogP contribution in [0.25, 0.3) is 0 Å². The van der Waals surface area contributed by atoms with Crippen molar-refractivity contribution in [1.82, 2.24) is 0 Å². The summed E-state index contributed by atoms with van der Waals surface area (Å²) in [7, 11) is 0. The number of ether oxygens (including phenoxy) is 1. The van der Waals surface area contributed by atoms with Gasteiger partial charge in [0.25, 0.3) is 11.6 Å². The lowest BCUT2D eigenvalue weighted by Crippen LogP contribution is -2.21. The second-order valence-electron chi connectivity index (χ2n) is 7.02. The number of rotatable bonds is 5. The second kappa shape index (κ2) is 8.41. The first-order valence-corrected chi connectivity index (χ1v) is 9.89. The molecule has 1 N–H and O–H groups in total. The van der Waals surface area contributed by atoms with Crippen LogP contribution in [0.2, 0.25) is 0 Å². The number of para-hydroxylation sites is 1. The number of anilines is 1. The monoisotopic (exact) mass is 413 g/mol. The number of nitrogens with zero attached hydrogens (tertiary/aromatic N) is 2. The molecule has 1 aromatic carbocycles. The number of thiophene rings is 1. The Balaban J connectivity index is 1.69. The summed E-state index contributed by atoms with van der Waals surface area (Å²) >= 11 is 1.37. The summed E-state index contributed by atoms with van der Waals surface area (Å²) in [6, 6.07) is 6.47. The quantitative estimate of drug-likeness (QED) is 0.452. The Labute approximate surface area is 171 Å². The first-order valence-electron chi connectivity index (χ1n) is 9.07.